The van der Waals surface area contributed by atoms with Crippen LogP contribution >= 0.6 is 11.6 Å². The molecule has 1 saturated heterocycles. The highest BCUT2D eigenvalue weighted by molar-refractivity contribution is 6.30. The normalized spacial score (nSPS) is 19.0. The van der Waals surface area contributed by atoms with Crippen molar-refractivity contribution in [3.8, 4) is 0 Å². The Labute approximate surface area is 114 Å². The number of halogens is 1. The third kappa shape index (κ3) is 3.12. The van der Waals surface area contributed by atoms with Gasteiger partial charge in [0.15, 0.2) is 0 Å². The number of carbonyl (C=O) groups is 3. The summed E-state index contributed by atoms with van der Waals surface area (Å²) in [5.74, 6) is -2.50. The Balaban J connectivity index is 2.06. The van der Waals surface area contributed by atoms with Gasteiger partial charge in [-0.05, 0) is 24.1 Å². The summed E-state index contributed by atoms with van der Waals surface area (Å²) in [7, 11) is 0. The third-order valence-electron chi connectivity index (χ3n) is 3.03. The van der Waals surface area contributed by atoms with E-state index in [4.69, 9.17) is 16.7 Å². The number of carboxylic acids is 1. The van der Waals surface area contributed by atoms with Crippen LogP contribution in [0.2, 0.25) is 5.02 Å². The van der Waals surface area contributed by atoms with E-state index in [0.717, 1.165) is 10.5 Å². The number of amides is 2. The number of imide groups is 1. The molecule has 1 aliphatic heterocycles. The summed E-state index contributed by atoms with van der Waals surface area (Å²) in [4.78, 5) is 34.9. The van der Waals surface area contributed by atoms with Crippen LogP contribution in [0.25, 0.3) is 0 Å². The predicted molar refractivity (Wildman–Crippen MR) is 67.6 cm³/mol. The quantitative estimate of drug-likeness (QED) is 0.845. The molecule has 0 spiro atoms. The highest BCUT2D eigenvalue weighted by Gasteiger charge is 2.39. The SMILES string of the molecule is O=C(O)CN1C(=O)CC(Cc2ccc(Cl)cc2)C1=O. The molecule has 1 aromatic rings. The molecule has 6 heteroatoms. The van der Waals surface area contributed by atoms with Crippen LogP contribution in [0, 0.1) is 5.92 Å². The Bertz CT molecular complexity index is 526. The number of benzene rings is 1. The van der Waals surface area contributed by atoms with E-state index in [-0.39, 0.29) is 6.42 Å². The first-order valence-electron chi connectivity index (χ1n) is 5.78. The van der Waals surface area contributed by atoms with Crippen molar-refractivity contribution < 1.29 is 19.5 Å². The molecule has 1 fully saturated rings. The number of rotatable bonds is 4. The van der Waals surface area contributed by atoms with Crippen molar-refractivity contribution in [1.82, 2.24) is 4.90 Å². The maximum Gasteiger partial charge on any atom is 0.323 e. The van der Waals surface area contributed by atoms with Crippen LogP contribution in [0.1, 0.15) is 12.0 Å². The second-order valence-electron chi connectivity index (χ2n) is 4.44. The molecular weight excluding hydrogens is 270 g/mol. The molecule has 1 aromatic carbocycles. The molecule has 1 N–H and O–H groups in total. The molecule has 0 saturated carbocycles. The summed E-state index contributed by atoms with van der Waals surface area (Å²) in [6.45, 7) is -0.561. The van der Waals surface area contributed by atoms with Crippen molar-refractivity contribution in [2.24, 2.45) is 5.92 Å². The van der Waals surface area contributed by atoms with Gasteiger partial charge in [-0.2, -0.15) is 0 Å². The minimum absolute atomic E-state index is 0.0642. The van der Waals surface area contributed by atoms with Gasteiger partial charge in [-0.1, -0.05) is 23.7 Å². The largest absolute Gasteiger partial charge is 0.480 e. The molecule has 5 nitrogen and oxygen atoms in total. The zero-order valence-corrected chi connectivity index (χ0v) is 10.8. The van der Waals surface area contributed by atoms with Gasteiger partial charge in [-0.15, -0.1) is 0 Å². The lowest BCUT2D eigenvalue weighted by molar-refractivity contribution is -0.149. The minimum atomic E-state index is -1.19. The van der Waals surface area contributed by atoms with E-state index in [1.165, 1.54) is 0 Å². The first-order chi connectivity index (χ1) is 8.97. The Morgan fingerprint density at radius 3 is 2.53 bits per heavy atom. The molecular formula is C13H12ClNO4. The summed E-state index contributed by atoms with van der Waals surface area (Å²) < 4.78 is 0. The highest BCUT2D eigenvalue weighted by Crippen LogP contribution is 2.24. The van der Waals surface area contributed by atoms with Crippen LogP contribution in [-0.4, -0.2) is 34.3 Å². The molecule has 1 unspecified atom stereocenters. The zero-order chi connectivity index (χ0) is 14.0. The number of carboxylic acid groups (broad SMARTS) is 1. The van der Waals surface area contributed by atoms with Crippen molar-refractivity contribution >= 4 is 29.4 Å². The van der Waals surface area contributed by atoms with E-state index in [1.54, 1.807) is 24.3 Å². The second-order valence-corrected chi connectivity index (χ2v) is 4.88. The van der Waals surface area contributed by atoms with Gasteiger partial charge < -0.3 is 5.11 Å². The summed E-state index contributed by atoms with van der Waals surface area (Å²) in [5.41, 5.74) is 0.896. The van der Waals surface area contributed by atoms with Gasteiger partial charge in [0.25, 0.3) is 0 Å². The number of hydrogen-bond donors (Lipinski definition) is 1. The highest BCUT2D eigenvalue weighted by atomic mass is 35.5. The summed E-state index contributed by atoms with van der Waals surface area (Å²) >= 11 is 5.77. The third-order valence-corrected chi connectivity index (χ3v) is 3.28. The van der Waals surface area contributed by atoms with Crippen molar-refractivity contribution in [3.05, 3.63) is 34.9 Å². The van der Waals surface area contributed by atoms with Gasteiger partial charge in [0.2, 0.25) is 11.8 Å². The lowest BCUT2D eigenvalue weighted by Crippen LogP contribution is -2.35. The fourth-order valence-electron chi connectivity index (χ4n) is 2.12. The molecule has 19 heavy (non-hydrogen) atoms. The van der Waals surface area contributed by atoms with Gasteiger partial charge in [-0.25, -0.2) is 0 Å². The molecule has 1 aliphatic rings. The van der Waals surface area contributed by atoms with E-state index in [2.05, 4.69) is 0 Å². The molecule has 100 valence electrons. The number of nitrogens with zero attached hydrogens (tertiary/aromatic N) is 1. The van der Waals surface area contributed by atoms with Gasteiger partial charge in [0, 0.05) is 11.4 Å². The number of carbonyl (C=O) groups excluding carboxylic acids is 2. The van der Waals surface area contributed by atoms with Crippen LogP contribution in [0.15, 0.2) is 24.3 Å². The summed E-state index contributed by atoms with van der Waals surface area (Å²) in [6.07, 6.45) is 0.479. The van der Waals surface area contributed by atoms with E-state index < -0.39 is 30.2 Å². The molecule has 0 bridgehead atoms. The summed E-state index contributed by atoms with van der Waals surface area (Å²) in [6, 6.07) is 7.01. The van der Waals surface area contributed by atoms with Crippen molar-refractivity contribution in [2.45, 2.75) is 12.8 Å². The van der Waals surface area contributed by atoms with E-state index >= 15 is 0 Å². The second kappa shape index (κ2) is 5.40. The average Bonchev–Trinajstić information content (AvgIpc) is 2.60. The van der Waals surface area contributed by atoms with E-state index in [0.29, 0.717) is 11.4 Å². The maximum atomic E-state index is 11.9. The lowest BCUT2D eigenvalue weighted by Gasteiger charge is -2.12. The Morgan fingerprint density at radius 2 is 1.95 bits per heavy atom. The fourth-order valence-corrected chi connectivity index (χ4v) is 2.24. The molecule has 0 radical (unpaired) electrons. The maximum absolute atomic E-state index is 11.9. The topological polar surface area (TPSA) is 74.7 Å². The molecule has 1 heterocycles. The van der Waals surface area contributed by atoms with Crippen molar-refractivity contribution in [2.75, 3.05) is 6.54 Å². The van der Waals surface area contributed by atoms with Crippen LogP contribution in [0.3, 0.4) is 0 Å². The minimum Gasteiger partial charge on any atom is -0.480 e. The molecule has 1 atom stereocenters. The van der Waals surface area contributed by atoms with Gasteiger partial charge >= 0.3 is 5.97 Å². The average molecular weight is 282 g/mol. The Morgan fingerprint density at radius 1 is 1.32 bits per heavy atom. The smallest absolute Gasteiger partial charge is 0.323 e. The first-order valence-corrected chi connectivity index (χ1v) is 6.15. The Kier molecular flexibility index (Phi) is 3.85. The number of aliphatic carboxylic acids is 1. The monoisotopic (exact) mass is 281 g/mol. The molecule has 2 rings (SSSR count). The summed E-state index contributed by atoms with van der Waals surface area (Å²) in [5, 5.41) is 9.26. The van der Waals surface area contributed by atoms with E-state index in [9.17, 15) is 14.4 Å². The van der Waals surface area contributed by atoms with Crippen LogP contribution < -0.4 is 0 Å². The molecule has 2 amide bonds. The number of likely N-dealkylation sites (tertiary alicyclic amines) is 1. The van der Waals surface area contributed by atoms with Crippen molar-refractivity contribution in [1.29, 1.82) is 0 Å². The van der Waals surface area contributed by atoms with Crippen LogP contribution in [0.4, 0.5) is 0 Å². The zero-order valence-electron chi connectivity index (χ0n) is 10.0. The van der Waals surface area contributed by atoms with Crippen LogP contribution in [-0.2, 0) is 20.8 Å². The molecule has 0 aliphatic carbocycles. The predicted octanol–water partition coefficient (Wildman–Crippen LogP) is 1.34. The van der Waals surface area contributed by atoms with Gasteiger partial charge in [0.05, 0.1) is 5.92 Å². The Hall–Kier alpha value is -1.88. The van der Waals surface area contributed by atoms with E-state index in [1.807, 2.05) is 0 Å². The fraction of sp³-hybridized carbons (Fsp3) is 0.308. The van der Waals surface area contributed by atoms with Crippen LogP contribution in [0.5, 0.6) is 0 Å². The van der Waals surface area contributed by atoms with Gasteiger partial charge in [0.1, 0.15) is 6.54 Å². The van der Waals surface area contributed by atoms with Crippen molar-refractivity contribution in [3.63, 3.8) is 0 Å². The first kappa shape index (κ1) is 13.5. The lowest BCUT2D eigenvalue weighted by atomic mass is 9.98. The number of hydrogen-bond acceptors (Lipinski definition) is 3. The van der Waals surface area contributed by atoms with Gasteiger partial charge in [-0.3, -0.25) is 19.3 Å². The molecule has 0 aromatic heterocycles. The standard InChI is InChI=1S/C13H12ClNO4/c14-10-3-1-8(2-4-10)5-9-6-11(16)15(13(9)19)7-12(17)18/h1-4,9H,5-7H2,(H,17,18).